The van der Waals surface area contributed by atoms with E-state index in [0.29, 0.717) is 25.2 Å². The van der Waals surface area contributed by atoms with Gasteiger partial charge in [-0.05, 0) is 48.7 Å². The summed E-state index contributed by atoms with van der Waals surface area (Å²) in [5, 5.41) is 2.64. The molecule has 8 heteroatoms. The first kappa shape index (κ1) is 18.4. The molecular weight excluding hydrogens is 384 g/mol. The Labute approximate surface area is 172 Å². The number of carbonyl (C=O) groups excluding carboxylic acids is 2. The summed E-state index contributed by atoms with van der Waals surface area (Å²) in [6.45, 7) is 1.67. The second-order valence-electron chi connectivity index (χ2n) is 7.77. The number of amides is 2. The van der Waals surface area contributed by atoms with Gasteiger partial charge in [-0.1, -0.05) is 0 Å². The predicted octanol–water partition coefficient (Wildman–Crippen LogP) is 2.35. The Balaban J connectivity index is 1.39. The first-order valence-corrected chi connectivity index (χ1v) is 9.88. The fraction of sp³-hybridized carbons (Fsp3) is 0.273. The smallest absolute Gasteiger partial charge is 0.291 e. The molecule has 3 aromatic rings. The van der Waals surface area contributed by atoms with Gasteiger partial charge in [0.05, 0.1) is 11.8 Å². The van der Waals surface area contributed by atoms with Crippen LogP contribution < -0.4 is 10.9 Å². The molecule has 3 aromatic heterocycles. The van der Waals surface area contributed by atoms with E-state index in [1.54, 1.807) is 47.3 Å². The number of fused-ring (bicyclic) bond motifs is 4. The zero-order chi connectivity index (χ0) is 20.7. The average molecular weight is 404 g/mol. The number of nitrogens with zero attached hydrogens (tertiary/aromatic N) is 3. The normalized spacial score (nSPS) is 19.8. The van der Waals surface area contributed by atoms with Crippen LogP contribution in [0.15, 0.2) is 64.3 Å². The van der Waals surface area contributed by atoms with Gasteiger partial charge >= 0.3 is 0 Å². The van der Waals surface area contributed by atoms with Crippen molar-refractivity contribution in [1.82, 2.24) is 14.5 Å². The highest BCUT2D eigenvalue weighted by Crippen LogP contribution is 2.36. The third kappa shape index (κ3) is 3.20. The molecule has 1 N–H and O–H groups in total. The predicted molar refractivity (Wildman–Crippen MR) is 108 cm³/mol. The number of piperidine rings is 1. The van der Waals surface area contributed by atoms with Crippen LogP contribution in [0, 0.1) is 5.92 Å². The minimum atomic E-state index is -0.457. The van der Waals surface area contributed by atoms with Crippen LogP contribution in [0.1, 0.15) is 38.9 Å². The van der Waals surface area contributed by atoms with E-state index in [2.05, 4.69) is 10.3 Å². The fourth-order valence-corrected chi connectivity index (χ4v) is 4.47. The molecule has 1 fully saturated rings. The number of likely N-dealkylation sites (tertiary alicyclic amines) is 1. The van der Waals surface area contributed by atoms with Crippen molar-refractivity contribution in [2.24, 2.45) is 5.92 Å². The number of nitrogens with one attached hydrogen (secondary N) is 1. The van der Waals surface area contributed by atoms with E-state index in [-0.39, 0.29) is 34.7 Å². The van der Waals surface area contributed by atoms with Crippen LogP contribution in [0.25, 0.3) is 0 Å². The lowest BCUT2D eigenvalue weighted by atomic mass is 9.83. The van der Waals surface area contributed by atoms with Gasteiger partial charge in [0.1, 0.15) is 5.69 Å². The molecule has 152 valence electrons. The number of rotatable bonds is 3. The Morgan fingerprint density at radius 1 is 1.10 bits per heavy atom. The van der Waals surface area contributed by atoms with Gasteiger partial charge < -0.3 is 19.2 Å². The van der Waals surface area contributed by atoms with E-state index in [1.807, 2.05) is 11.0 Å². The summed E-state index contributed by atoms with van der Waals surface area (Å²) >= 11 is 0. The number of aromatic nitrogens is 2. The Morgan fingerprint density at radius 3 is 2.77 bits per heavy atom. The van der Waals surface area contributed by atoms with Gasteiger partial charge in [-0.2, -0.15) is 0 Å². The molecule has 0 spiro atoms. The van der Waals surface area contributed by atoms with Gasteiger partial charge in [-0.15, -0.1) is 0 Å². The zero-order valence-corrected chi connectivity index (χ0v) is 16.2. The highest BCUT2D eigenvalue weighted by atomic mass is 16.3. The van der Waals surface area contributed by atoms with E-state index in [0.717, 1.165) is 12.1 Å². The summed E-state index contributed by atoms with van der Waals surface area (Å²) in [6.07, 6.45) is 5.58. The van der Waals surface area contributed by atoms with E-state index < -0.39 is 5.91 Å². The third-order valence-corrected chi connectivity index (χ3v) is 5.79. The lowest BCUT2D eigenvalue weighted by molar-refractivity contribution is 0.0594. The molecule has 2 amide bonds. The number of anilines is 1. The number of hydrogen-bond donors (Lipinski definition) is 1. The summed E-state index contributed by atoms with van der Waals surface area (Å²) in [5.74, 6) is -0.0670. The van der Waals surface area contributed by atoms with Crippen LogP contribution in [0.2, 0.25) is 0 Å². The van der Waals surface area contributed by atoms with E-state index >= 15 is 0 Å². The molecule has 2 atom stereocenters. The zero-order valence-electron chi connectivity index (χ0n) is 16.2. The lowest BCUT2D eigenvalue weighted by Crippen LogP contribution is -2.49. The van der Waals surface area contributed by atoms with Crippen molar-refractivity contribution in [3.8, 4) is 0 Å². The number of furan rings is 1. The van der Waals surface area contributed by atoms with Gasteiger partial charge in [0.15, 0.2) is 5.76 Å². The molecule has 2 bridgehead atoms. The highest BCUT2D eigenvalue weighted by molar-refractivity contribution is 6.02. The molecule has 0 aromatic carbocycles. The van der Waals surface area contributed by atoms with Crippen molar-refractivity contribution in [2.75, 3.05) is 18.4 Å². The second kappa shape index (κ2) is 7.29. The van der Waals surface area contributed by atoms with Crippen LogP contribution in [-0.2, 0) is 6.54 Å². The summed E-state index contributed by atoms with van der Waals surface area (Å²) < 4.78 is 6.83. The molecule has 30 heavy (non-hydrogen) atoms. The molecule has 2 aliphatic rings. The number of pyridine rings is 2. The van der Waals surface area contributed by atoms with E-state index in [9.17, 15) is 14.4 Å². The largest absolute Gasteiger partial charge is 0.459 e. The Morgan fingerprint density at radius 2 is 2.00 bits per heavy atom. The van der Waals surface area contributed by atoms with Crippen molar-refractivity contribution in [3.63, 3.8) is 0 Å². The van der Waals surface area contributed by atoms with Crippen molar-refractivity contribution in [2.45, 2.75) is 18.9 Å². The number of hydrogen-bond acceptors (Lipinski definition) is 5. The maximum absolute atomic E-state index is 13.0. The van der Waals surface area contributed by atoms with Crippen LogP contribution in [0.5, 0.6) is 0 Å². The average Bonchev–Trinajstić information content (AvgIpc) is 3.31. The lowest BCUT2D eigenvalue weighted by Gasteiger charge is -2.42. The van der Waals surface area contributed by atoms with Crippen molar-refractivity contribution >= 4 is 17.5 Å². The van der Waals surface area contributed by atoms with Gasteiger partial charge in [0, 0.05) is 43.6 Å². The maximum atomic E-state index is 13.0. The molecule has 2 aliphatic heterocycles. The first-order chi connectivity index (χ1) is 14.6. The molecule has 1 saturated heterocycles. The van der Waals surface area contributed by atoms with Crippen LogP contribution in [0.3, 0.4) is 0 Å². The van der Waals surface area contributed by atoms with Crippen LogP contribution in [-0.4, -0.2) is 39.4 Å². The van der Waals surface area contributed by atoms with E-state index in [1.165, 1.54) is 6.26 Å². The summed E-state index contributed by atoms with van der Waals surface area (Å²) in [4.78, 5) is 44.0. The third-order valence-electron chi connectivity index (χ3n) is 5.79. The topological polar surface area (TPSA) is 97.4 Å². The summed E-state index contributed by atoms with van der Waals surface area (Å²) in [5.41, 5.74) is 1.47. The minimum Gasteiger partial charge on any atom is -0.459 e. The summed E-state index contributed by atoms with van der Waals surface area (Å²) in [6, 6.07) is 10.2. The van der Waals surface area contributed by atoms with Crippen molar-refractivity contribution in [3.05, 3.63) is 82.4 Å². The maximum Gasteiger partial charge on any atom is 0.291 e. The molecule has 0 radical (unpaired) electrons. The molecule has 0 aliphatic carbocycles. The van der Waals surface area contributed by atoms with Gasteiger partial charge in [0.25, 0.3) is 17.4 Å². The second-order valence-corrected chi connectivity index (χ2v) is 7.77. The monoisotopic (exact) mass is 404 g/mol. The minimum absolute atomic E-state index is 0.0315. The van der Waals surface area contributed by atoms with Gasteiger partial charge in [0.2, 0.25) is 0 Å². The van der Waals surface area contributed by atoms with Crippen LogP contribution in [0.4, 0.5) is 5.69 Å². The Hall–Kier alpha value is -3.68. The Bertz CT molecular complexity index is 1150. The fourth-order valence-electron chi connectivity index (χ4n) is 4.47. The molecule has 8 nitrogen and oxygen atoms in total. The quantitative estimate of drug-likeness (QED) is 0.723. The Kier molecular flexibility index (Phi) is 4.46. The molecule has 5 heterocycles. The number of carbonyl (C=O) groups is 2. The SMILES string of the molecule is O=C(Nc1ccc2n(c1=O)C[C@H]1C[C@@H]2CN(C(=O)c2cccnc2)C1)c1ccco1. The molecule has 0 saturated carbocycles. The van der Waals surface area contributed by atoms with Gasteiger partial charge in [-0.3, -0.25) is 19.4 Å². The molecular formula is C22H20N4O4. The standard InChI is InChI=1S/C22H20N4O4/c27-20(19-4-2-8-30-19)24-17-5-6-18-16-9-14(12-26(18)22(17)29)11-25(13-16)21(28)15-3-1-7-23-10-15/h1-8,10,14,16H,9,11-13H2,(H,24,27)/t14-,16+/m0/s1. The molecule has 5 rings (SSSR count). The first-order valence-electron chi connectivity index (χ1n) is 9.88. The summed E-state index contributed by atoms with van der Waals surface area (Å²) in [7, 11) is 0. The van der Waals surface area contributed by atoms with Crippen LogP contribution >= 0.6 is 0 Å². The van der Waals surface area contributed by atoms with Gasteiger partial charge in [-0.25, -0.2) is 0 Å². The van der Waals surface area contributed by atoms with E-state index in [4.69, 9.17) is 4.42 Å². The van der Waals surface area contributed by atoms with Crippen molar-refractivity contribution in [1.29, 1.82) is 0 Å². The van der Waals surface area contributed by atoms with Crippen molar-refractivity contribution < 1.29 is 14.0 Å². The highest BCUT2D eigenvalue weighted by Gasteiger charge is 2.37. The molecule has 0 unspecified atom stereocenters.